The molecule has 4 aromatic carbocycles. The van der Waals surface area contributed by atoms with Crippen molar-refractivity contribution in [1.82, 2.24) is 4.48 Å². The van der Waals surface area contributed by atoms with Crippen molar-refractivity contribution < 1.29 is 0 Å². The Balaban J connectivity index is 2.05. The van der Waals surface area contributed by atoms with Gasteiger partial charge in [0, 0.05) is 48.5 Å². The van der Waals surface area contributed by atoms with E-state index in [9.17, 15) is 0 Å². The second kappa shape index (κ2) is 10.2. The minimum atomic E-state index is 0.571. The van der Waals surface area contributed by atoms with Crippen LogP contribution in [0.25, 0.3) is 0 Å². The highest BCUT2D eigenvalue weighted by molar-refractivity contribution is 5.81. The number of hydrogen-bond acceptors (Lipinski definition) is 0. The van der Waals surface area contributed by atoms with Crippen LogP contribution < -0.4 is 4.48 Å². The third-order valence-electron chi connectivity index (χ3n) is 6.93. The highest BCUT2D eigenvalue weighted by Crippen LogP contribution is 2.51. The summed E-state index contributed by atoms with van der Waals surface area (Å²) >= 11 is 0. The van der Waals surface area contributed by atoms with Crippen molar-refractivity contribution in [2.75, 3.05) is 0 Å². The predicted octanol–water partition coefficient (Wildman–Crippen LogP) is 9.24. The van der Waals surface area contributed by atoms with Gasteiger partial charge in [-0.15, -0.1) is 0 Å². The fourth-order valence-electron chi connectivity index (χ4n) is 4.72. The van der Waals surface area contributed by atoms with Crippen LogP contribution in [-0.2, 0) is 25.7 Å². The van der Waals surface area contributed by atoms with E-state index in [1.807, 2.05) is 0 Å². The summed E-state index contributed by atoms with van der Waals surface area (Å²) in [6.45, 7) is 8.86. The van der Waals surface area contributed by atoms with Gasteiger partial charge in [0.05, 0.1) is 0 Å². The van der Waals surface area contributed by atoms with Crippen molar-refractivity contribution in [3.8, 4) is 0 Å². The van der Waals surface area contributed by atoms with Crippen molar-refractivity contribution in [2.45, 2.75) is 53.4 Å². The van der Waals surface area contributed by atoms with E-state index in [0.29, 0.717) is 4.48 Å². The first kappa shape index (κ1) is 23.0. The average Bonchev–Trinajstić information content (AvgIpc) is 2.90. The molecule has 0 saturated heterocycles. The number of quaternary nitrogens is 1. The lowest BCUT2D eigenvalue weighted by Gasteiger charge is -2.37. The number of hydrogen-bond donors (Lipinski definition) is 0. The number of aryl methyl sites for hydroxylation is 4. The van der Waals surface area contributed by atoms with E-state index >= 15 is 0 Å². The van der Waals surface area contributed by atoms with Crippen molar-refractivity contribution in [3.05, 3.63) is 119 Å². The topological polar surface area (TPSA) is 0 Å². The molecular weight excluding hydrogens is 398 g/mol. The molecule has 0 saturated carbocycles. The van der Waals surface area contributed by atoms with E-state index in [0.717, 1.165) is 25.7 Å². The number of nitrogens with zero attached hydrogens (tertiary/aromatic N) is 1. The molecule has 0 aromatic heterocycles. The average molecular weight is 435 g/mol. The van der Waals surface area contributed by atoms with Gasteiger partial charge >= 0.3 is 0 Å². The Morgan fingerprint density at radius 2 is 0.515 bits per heavy atom. The molecule has 4 aromatic rings. The molecular formula is C32H36N+. The van der Waals surface area contributed by atoms with Crippen LogP contribution in [0.3, 0.4) is 0 Å². The van der Waals surface area contributed by atoms with Crippen LogP contribution in [0, 0.1) is 0 Å². The van der Waals surface area contributed by atoms with Gasteiger partial charge in [0.1, 0.15) is 22.7 Å². The van der Waals surface area contributed by atoms with E-state index in [-0.39, 0.29) is 0 Å². The van der Waals surface area contributed by atoms with Gasteiger partial charge in [-0.1, -0.05) is 76.2 Å². The summed E-state index contributed by atoms with van der Waals surface area (Å²) in [5.41, 5.74) is 10.5. The molecule has 0 amide bonds. The summed E-state index contributed by atoms with van der Waals surface area (Å²) in [5, 5.41) is 0. The predicted molar refractivity (Wildman–Crippen MR) is 144 cm³/mol. The molecule has 0 N–H and O–H groups in total. The van der Waals surface area contributed by atoms with E-state index in [1.165, 1.54) is 45.0 Å². The van der Waals surface area contributed by atoms with Crippen molar-refractivity contribution in [1.29, 1.82) is 0 Å². The first-order valence-corrected chi connectivity index (χ1v) is 12.4. The third-order valence-corrected chi connectivity index (χ3v) is 6.93. The van der Waals surface area contributed by atoms with Gasteiger partial charge < -0.3 is 0 Å². The molecule has 0 fully saturated rings. The summed E-state index contributed by atoms with van der Waals surface area (Å²) < 4.78 is 0.571. The molecule has 33 heavy (non-hydrogen) atoms. The largest absolute Gasteiger partial charge is 0.194 e. The maximum absolute atomic E-state index is 2.31. The highest BCUT2D eigenvalue weighted by atomic mass is 15.4. The fourth-order valence-corrected chi connectivity index (χ4v) is 4.72. The minimum Gasteiger partial charge on any atom is -0.194 e. The zero-order valence-electron chi connectivity index (χ0n) is 20.5. The van der Waals surface area contributed by atoms with Crippen LogP contribution >= 0.6 is 0 Å². The highest BCUT2D eigenvalue weighted by Gasteiger charge is 2.39. The van der Waals surface area contributed by atoms with Crippen molar-refractivity contribution >= 4 is 22.7 Å². The summed E-state index contributed by atoms with van der Waals surface area (Å²) in [5.74, 6) is 0. The van der Waals surface area contributed by atoms with Crippen LogP contribution in [0.1, 0.15) is 49.9 Å². The summed E-state index contributed by atoms with van der Waals surface area (Å²) in [4.78, 5) is 0. The van der Waals surface area contributed by atoms with Gasteiger partial charge in [-0.05, 0) is 47.9 Å². The maximum Gasteiger partial charge on any atom is 0.148 e. The minimum absolute atomic E-state index is 0.571. The SMILES string of the molecule is CCc1ccc([N+](c2ccc(CC)cc2)(c2ccc(CC)cc2)c2ccc(CC)cc2)cc1. The first-order chi connectivity index (χ1) is 16.1. The van der Waals surface area contributed by atoms with Crippen LogP contribution in [0.5, 0.6) is 0 Å². The molecule has 4 rings (SSSR count). The smallest absolute Gasteiger partial charge is 0.148 e. The summed E-state index contributed by atoms with van der Waals surface area (Å²) in [6.07, 6.45) is 4.17. The fraction of sp³-hybridized carbons (Fsp3) is 0.250. The van der Waals surface area contributed by atoms with Crippen LogP contribution in [-0.4, -0.2) is 0 Å². The quantitative estimate of drug-likeness (QED) is 0.242. The lowest BCUT2D eigenvalue weighted by molar-refractivity contribution is 0.702. The second-order valence-electron chi connectivity index (χ2n) is 8.75. The van der Waals surface area contributed by atoms with E-state index in [1.54, 1.807) is 0 Å². The summed E-state index contributed by atoms with van der Waals surface area (Å²) in [7, 11) is 0. The van der Waals surface area contributed by atoms with Gasteiger partial charge in [-0.3, -0.25) is 0 Å². The van der Waals surface area contributed by atoms with Crippen LogP contribution in [0.4, 0.5) is 22.7 Å². The molecule has 0 atom stereocenters. The maximum atomic E-state index is 2.31. The lowest BCUT2D eigenvalue weighted by atomic mass is 10.0. The summed E-state index contributed by atoms with van der Waals surface area (Å²) in [6, 6.07) is 36.8. The van der Waals surface area contributed by atoms with Crippen LogP contribution in [0.2, 0.25) is 0 Å². The van der Waals surface area contributed by atoms with Crippen molar-refractivity contribution in [2.24, 2.45) is 0 Å². The number of benzene rings is 4. The Kier molecular flexibility index (Phi) is 7.11. The monoisotopic (exact) mass is 434 g/mol. The van der Waals surface area contributed by atoms with E-state index in [4.69, 9.17) is 0 Å². The molecule has 0 aliphatic carbocycles. The van der Waals surface area contributed by atoms with Gasteiger partial charge in [0.15, 0.2) is 0 Å². The van der Waals surface area contributed by atoms with Crippen molar-refractivity contribution in [3.63, 3.8) is 0 Å². The zero-order chi connectivity index (χ0) is 23.3. The molecule has 0 unspecified atom stereocenters. The Hall–Kier alpha value is -3.16. The van der Waals surface area contributed by atoms with Crippen LogP contribution in [0.15, 0.2) is 97.1 Å². The molecule has 0 aliphatic heterocycles. The normalized spacial score (nSPS) is 11.5. The van der Waals surface area contributed by atoms with Gasteiger partial charge in [0.2, 0.25) is 0 Å². The molecule has 0 aliphatic rings. The zero-order valence-corrected chi connectivity index (χ0v) is 20.5. The Labute approximate surface area is 199 Å². The molecule has 0 spiro atoms. The standard InChI is InChI=1S/C32H36N/c1-5-25-9-17-29(18-10-25)33(30-19-11-26(6-2)12-20-30,31-21-13-27(7-3)14-22-31)32-23-15-28(8-4)16-24-32/h9-24H,5-8H2,1-4H3/q+1. The van der Waals surface area contributed by atoms with E-state index in [2.05, 4.69) is 125 Å². The first-order valence-electron chi connectivity index (χ1n) is 12.4. The molecule has 0 radical (unpaired) electrons. The molecule has 168 valence electrons. The van der Waals surface area contributed by atoms with E-state index < -0.39 is 0 Å². The van der Waals surface area contributed by atoms with Gasteiger partial charge in [-0.2, -0.15) is 4.48 Å². The molecule has 1 nitrogen and oxygen atoms in total. The molecule has 0 bridgehead atoms. The Bertz CT molecular complexity index is 956. The molecule has 0 heterocycles. The Morgan fingerprint density at radius 1 is 0.333 bits per heavy atom. The second-order valence-corrected chi connectivity index (χ2v) is 8.75. The van der Waals surface area contributed by atoms with Gasteiger partial charge in [-0.25, -0.2) is 0 Å². The molecule has 1 heteroatoms. The Morgan fingerprint density at radius 3 is 0.667 bits per heavy atom. The van der Waals surface area contributed by atoms with Gasteiger partial charge in [0.25, 0.3) is 0 Å². The third kappa shape index (κ3) is 4.38. The number of rotatable bonds is 8. The lowest BCUT2D eigenvalue weighted by Crippen LogP contribution is -2.33.